The fraction of sp³-hybridized carbons (Fsp3) is 0.385. The Balaban J connectivity index is 1.80. The van der Waals surface area contributed by atoms with Crippen LogP contribution in [0.4, 0.5) is 0 Å². The fourth-order valence-corrected chi connectivity index (χ4v) is 2.03. The first kappa shape index (κ1) is 9.58. The molecule has 0 N–H and O–H groups in total. The highest BCUT2D eigenvalue weighted by atomic mass is 16.1. The SMILES string of the molecule is O=C(CC1CC1)Cn1cnc2ccccc21. The molecule has 1 heterocycles. The zero-order chi connectivity index (χ0) is 11.0. The van der Waals surface area contributed by atoms with E-state index >= 15 is 0 Å². The highest BCUT2D eigenvalue weighted by Gasteiger charge is 2.24. The maximum absolute atomic E-state index is 11.8. The van der Waals surface area contributed by atoms with E-state index in [2.05, 4.69) is 4.98 Å². The molecule has 0 saturated heterocycles. The van der Waals surface area contributed by atoms with Gasteiger partial charge >= 0.3 is 0 Å². The van der Waals surface area contributed by atoms with E-state index in [1.54, 1.807) is 6.33 Å². The van der Waals surface area contributed by atoms with Crippen LogP contribution in [0, 0.1) is 5.92 Å². The maximum Gasteiger partial charge on any atom is 0.152 e. The van der Waals surface area contributed by atoms with Gasteiger partial charge in [-0.15, -0.1) is 0 Å². The third-order valence-electron chi connectivity index (χ3n) is 3.09. The smallest absolute Gasteiger partial charge is 0.152 e. The molecular weight excluding hydrogens is 200 g/mol. The highest BCUT2D eigenvalue weighted by molar-refractivity contribution is 5.82. The molecule has 0 bridgehead atoms. The Bertz CT molecular complexity index is 525. The third-order valence-corrected chi connectivity index (χ3v) is 3.09. The van der Waals surface area contributed by atoms with Crippen LogP contribution in [-0.2, 0) is 11.3 Å². The monoisotopic (exact) mass is 214 g/mol. The molecule has 1 aromatic heterocycles. The minimum absolute atomic E-state index is 0.325. The van der Waals surface area contributed by atoms with Gasteiger partial charge in [0.05, 0.1) is 23.9 Å². The van der Waals surface area contributed by atoms with Crippen molar-refractivity contribution in [3.05, 3.63) is 30.6 Å². The standard InChI is InChI=1S/C13H14N2O/c16-11(7-10-5-6-10)8-15-9-14-12-3-1-2-4-13(12)15/h1-4,9-10H,5-8H2. The number of hydrogen-bond acceptors (Lipinski definition) is 2. The summed E-state index contributed by atoms with van der Waals surface area (Å²) in [5, 5.41) is 0. The number of carbonyl (C=O) groups is 1. The number of benzene rings is 1. The number of Topliss-reactive ketones (excluding diaryl/α,β-unsaturated/α-hetero) is 1. The lowest BCUT2D eigenvalue weighted by atomic mass is 10.2. The Labute approximate surface area is 94.1 Å². The topological polar surface area (TPSA) is 34.9 Å². The van der Waals surface area contributed by atoms with Gasteiger partial charge in [-0.25, -0.2) is 4.98 Å². The van der Waals surface area contributed by atoms with E-state index in [0.717, 1.165) is 17.5 Å². The summed E-state index contributed by atoms with van der Waals surface area (Å²) in [5.74, 6) is 0.993. The molecule has 1 fully saturated rings. The second-order valence-electron chi connectivity index (χ2n) is 4.55. The van der Waals surface area contributed by atoms with Crippen LogP contribution >= 0.6 is 0 Å². The number of ketones is 1. The van der Waals surface area contributed by atoms with E-state index in [-0.39, 0.29) is 0 Å². The van der Waals surface area contributed by atoms with Crippen molar-refractivity contribution in [1.82, 2.24) is 9.55 Å². The van der Waals surface area contributed by atoms with Crippen LogP contribution in [0.25, 0.3) is 11.0 Å². The van der Waals surface area contributed by atoms with Crippen molar-refractivity contribution in [2.24, 2.45) is 5.92 Å². The summed E-state index contributed by atoms with van der Waals surface area (Å²) < 4.78 is 1.94. The van der Waals surface area contributed by atoms with Crippen LogP contribution in [0.2, 0.25) is 0 Å². The predicted molar refractivity (Wildman–Crippen MR) is 62.1 cm³/mol. The Kier molecular flexibility index (Phi) is 2.24. The summed E-state index contributed by atoms with van der Waals surface area (Å²) in [7, 11) is 0. The maximum atomic E-state index is 11.8. The quantitative estimate of drug-likeness (QED) is 0.783. The number of nitrogens with zero attached hydrogens (tertiary/aromatic N) is 2. The van der Waals surface area contributed by atoms with Crippen molar-refractivity contribution in [2.75, 3.05) is 0 Å². The van der Waals surface area contributed by atoms with Crippen LogP contribution in [0.3, 0.4) is 0 Å². The van der Waals surface area contributed by atoms with Gasteiger partial charge in [0.2, 0.25) is 0 Å². The highest BCUT2D eigenvalue weighted by Crippen LogP contribution is 2.32. The summed E-state index contributed by atoms with van der Waals surface area (Å²) in [5.41, 5.74) is 2.01. The summed E-state index contributed by atoms with van der Waals surface area (Å²) in [6.45, 7) is 0.469. The molecule has 0 spiro atoms. The van der Waals surface area contributed by atoms with E-state index in [1.807, 2.05) is 28.8 Å². The van der Waals surface area contributed by atoms with Crippen molar-refractivity contribution < 1.29 is 4.79 Å². The Morgan fingerprint density at radius 3 is 3.00 bits per heavy atom. The van der Waals surface area contributed by atoms with E-state index in [9.17, 15) is 4.79 Å². The van der Waals surface area contributed by atoms with Crippen LogP contribution in [0.5, 0.6) is 0 Å². The molecule has 0 unspecified atom stereocenters. The fourth-order valence-electron chi connectivity index (χ4n) is 2.03. The summed E-state index contributed by atoms with van der Waals surface area (Å²) in [4.78, 5) is 16.0. The molecule has 0 radical (unpaired) electrons. The minimum atomic E-state index is 0.325. The predicted octanol–water partition coefficient (Wildman–Crippen LogP) is 2.41. The number of hydrogen-bond donors (Lipinski definition) is 0. The zero-order valence-electron chi connectivity index (χ0n) is 9.10. The lowest BCUT2D eigenvalue weighted by molar-refractivity contribution is -0.119. The molecule has 16 heavy (non-hydrogen) atoms. The molecule has 1 aliphatic carbocycles. The van der Waals surface area contributed by atoms with Gasteiger partial charge in [0.15, 0.2) is 5.78 Å². The average molecular weight is 214 g/mol. The molecule has 1 aromatic carbocycles. The molecule has 0 aliphatic heterocycles. The number of rotatable bonds is 4. The number of aromatic nitrogens is 2. The molecule has 2 aromatic rings. The van der Waals surface area contributed by atoms with Crippen LogP contribution in [0.15, 0.2) is 30.6 Å². The first-order chi connectivity index (χ1) is 7.83. The lowest BCUT2D eigenvalue weighted by Gasteiger charge is -2.02. The number of para-hydroxylation sites is 2. The van der Waals surface area contributed by atoms with E-state index in [0.29, 0.717) is 18.2 Å². The van der Waals surface area contributed by atoms with Crippen LogP contribution in [-0.4, -0.2) is 15.3 Å². The molecule has 3 rings (SSSR count). The normalized spacial score (nSPS) is 15.5. The molecular formula is C13H14N2O. The molecule has 82 valence electrons. The van der Waals surface area contributed by atoms with Gasteiger partial charge in [-0.1, -0.05) is 12.1 Å². The number of imidazole rings is 1. The average Bonchev–Trinajstić information content (AvgIpc) is 3.00. The van der Waals surface area contributed by atoms with Gasteiger partial charge in [0.25, 0.3) is 0 Å². The summed E-state index contributed by atoms with van der Waals surface area (Å²) in [6, 6.07) is 7.92. The van der Waals surface area contributed by atoms with Gasteiger partial charge in [-0.3, -0.25) is 4.79 Å². The van der Waals surface area contributed by atoms with E-state index < -0.39 is 0 Å². The summed E-state index contributed by atoms with van der Waals surface area (Å²) >= 11 is 0. The minimum Gasteiger partial charge on any atom is -0.323 e. The van der Waals surface area contributed by atoms with Crippen molar-refractivity contribution >= 4 is 16.8 Å². The first-order valence-corrected chi connectivity index (χ1v) is 5.74. The van der Waals surface area contributed by atoms with E-state index in [1.165, 1.54) is 12.8 Å². The van der Waals surface area contributed by atoms with Gasteiger partial charge in [-0.05, 0) is 30.9 Å². The Hall–Kier alpha value is -1.64. The van der Waals surface area contributed by atoms with Crippen molar-refractivity contribution in [3.63, 3.8) is 0 Å². The molecule has 1 saturated carbocycles. The Morgan fingerprint density at radius 2 is 2.19 bits per heavy atom. The zero-order valence-corrected chi connectivity index (χ0v) is 9.10. The number of carbonyl (C=O) groups excluding carboxylic acids is 1. The third kappa shape index (κ3) is 1.85. The largest absolute Gasteiger partial charge is 0.323 e. The molecule has 0 atom stereocenters. The van der Waals surface area contributed by atoms with E-state index in [4.69, 9.17) is 0 Å². The van der Waals surface area contributed by atoms with Gasteiger partial charge in [-0.2, -0.15) is 0 Å². The Morgan fingerprint density at radius 1 is 1.38 bits per heavy atom. The van der Waals surface area contributed by atoms with Crippen LogP contribution < -0.4 is 0 Å². The molecule has 0 amide bonds. The van der Waals surface area contributed by atoms with Gasteiger partial charge < -0.3 is 4.57 Å². The van der Waals surface area contributed by atoms with Crippen molar-refractivity contribution in [1.29, 1.82) is 0 Å². The van der Waals surface area contributed by atoms with Gasteiger partial charge in [0, 0.05) is 6.42 Å². The molecule has 3 heteroatoms. The first-order valence-electron chi connectivity index (χ1n) is 5.74. The molecule has 3 nitrogen and oxygen atoms in total. The van der Waals surface area contributed by atoms with Crippen molar-refractivity contribution in [2.45, 2.75) is 25.8 Å². The van der Waals surface area contributed by atoms with Crippen LogP contribution in [0.1, 0.15) is 19.3 Å². The second kappa shape index (κ2) is 3.74. The number of fused-ring (bicyclic) bond motifs is 1. The molecule has 1 aliphatic rings. The summed E-state index contributed by atoms with van der Waals surface area (Å²) in [6.07, 6.45) is 4.97. The van der Waals surface area contributed by atoms with Crippen molar-refractivity contribution in [3.8, 4) is 0 Å². The lowest BCUT2D eigenvalue weighted by Crippen LogP contribution is -2.09. The second-order valence-corrected chi connectivity index (χ2v) is 4.55. The van der Waals surface area contributed by atoms with Gasteiger partial charge in [0.1, 0.15) is 0 Å².